The zero-order chi connectivity index (χ0) is 15.1. The maximum absolute atomic E-state index is 12.6. The molecule has 2 saturated heterocycles. The van der Waals surface area contributed by atoms with E-state index in [9.17, 15) is 9.59 Å². The van der Waals surface area contributed by atoms with E-state index >= 15 is 0 Å². The van der Waals surface area contributed by atoms with Crippen LogP contribution in [-0.2, 0) is 4.79 Å². The number of likely N-dealkylation sites (tertiary alicyclic amines) is 1. The first-order valence-corrected chi connectivity index (χ1v) is 8.31. The van der Waals surface area contributed by atoms with Crippen molar-refractivity contribution in [3.8, 4) is 0 Å². The molecule has 0 aliphatic carbocycles. The number of nitrogens with zero attached hydrogens (tertiary/aromatic N) is 2. The number of thiophene rings is 1. The third-order valence-electron chi connectivity index (χ3n) is 4.53. The predicted octanol–water partition coefficient (Wildman–Crippen LogP) is 2.48. The molecule has 0 unspecified atom stereocenters. The SMILES string of the molecule is O=C(c1cccs1)N1C[C@@H]2CN(c3ccccc3)C(=O)[C@H]2C1. The summed E-state index contributed by atoms with van der Waals surface area (Å²) in [6.07, 6.45) is 0. The van der Waals surface area contributed by atoms with Crippen LogP contribution < -0.4 is 4.90 Å². The van der Waals surface area contributed by atoms with Crippen molar-refractivity contribution in [2.45, 2.75) is 0 Å². The van der Waals surface area contributed by atoms with Gasteiger partial charge in [-0.25, -0.2) is 0 Å². The first kappa shape index (κ1) is 13.5. The molecular formula is C17H16N2O2S. The van der Waals surface area contributed by atoms with Crippen LogP contribution in [0.25, 0.3) is 0 Å². The summed E-state index contributed by atoms with van der Waals surface area (Å²) in [6, 6.07) is 13.5. The molecule has 4 nitrogen and oxygen atoms in total. The Hall–Kier alpha value is -2.14. The van der Waals surface area contributed by atoms with Gasteiger partial charge in [0, 0.05) is 31.2 Å². The van der Waals surface area contributed by atoms with Crippen LogP contribution in [0.5, 0.6) is 0 Å². The van der Waals surface area contributed by atoms with Crippen molar-refractivity contribution in [2.24, 2.45) is 11.8 Å². The van der Waals surface area contributed by atoms with E-state index in [4.69, 9.17) is 0 Å². The second-order valence-corrected chi connectivity index (χ2v) is 6.79. The standard InChI is InChI=1S/C17H16N2O2S/c20-16-14-11-18(17(21)15-7-4-8-22-15)9-12(14)10-19(16)13-5-2-1-3-6-13/h1-8,12,14H,9-11H2/t12-,14+/m1/s1. The lowest BCUT2D eigenvalue weighted by Gasteiger charge is -2.21. The topological polar surface area (TPSA) is 40.6 Å². The van der Waals surface area contributed by atoms with Crippen molar-refractivity contribution in [3.63, 3.8) is 0 Å². The van der Waals surface area contributed by atoms with Gasteiger partial charge >= 0.3 is 0 Å². The number of benzene rings is 1. The summed E-state index contributed by atoms with van der Waals surface area (Å²) in [6.45, 7) is 1.93. The van der Waals surface area contributed by atoms with Gasteiger partial charge in [0.25, 0.3) is 5.91 Å². The molecule has 2 aliphatic heterocycles. The molecule has 22 heavy (non-hydrogen) atoms. The Morgan fingerprint density at radius 2 is 1.86 bits per heavy atom. The van der Waals surface area contributed by atoms with Crippen molar-refractivity contribution < 1.29 is 9.59 Å². The molecule has 2 aliphatic rings. The summed E-state index contributed by atoms with van der Waals surface area (Å²) >= 11 is 1.46. The van der Waals surface area contributed by atoms with Crippen LogP contribution in [-0.4, -0.2) is 36.3 Å². The lowest BCUT2D eigenvalue weighted by molar-refractivity contribution is -0.120. The second-order valence-electron chi connectivity index (χ2n) is 5.84. The van der Waals surface area contributed by atoms with Gasteiger partial charge in [0.05, 0.1) is 10.8 Å². The fourth-order valence-corrected chi connectivity index (χ4v) is 4.11. The molecule has 2 atom stereocenters. The molecule has 1 aromatic heterocycles. The van der Waals surface area contributed by atoms with Crippen LogP contribution >= 0.6 is 11.3 Å². The zero-order valence-corrected chi connectivity index (χ0v) is 12.8. The molecule has 0 saturated carbocycles. The Morgan fingerprint density at radius 3 is 2.55 bits per heavy atom. The minimum atomic E-state index is -0.0517. The third-order valence-corrected chi connectivity index (χ3v) is 5.39. The first-order chi connectivity index (χ1) is 10.7. The quantitative estimate of drug-likeness (QED) is 0.855. The van der Waals surface area contributed by atoms with E-state index in [1.54, 1.807) is 0 Å². The number of fused-ring (bicyclic) bond motifs is 1. The number of amides is 2. The molecular weight excluding hydrogens is 296 g/mol. The minimum Gasteiger partial charge on any atom is -0.337 e. The molecule has 5 heteroatoms. The highest BCUT2D eigenvalue weighted by molar-refractivity contribution is 7.12. The van der Waals surface area contributed by atoms with Crippen LogP contribution in [0.2, 0.25) is 0 Å². The van der Waals surface area contributed by atoms with Gasteiger partial charge in [-0.2, -0.15) is 0 Å². The van der Waals surface area contributed by atoms with Gasteiger partial charge in [-0.15, -0.1) is 11.3 Å². The normalized spacial score (nSPS) is 23.9. The molecule has 112 valence electrons. The lowest BCUT2D eigenvalue weighted by atomic mass is 10.0. The van der Waals surface area contributed by atoms with Gasteiger partial charge in [-0.05, 0) is 23.6 Å². The number of rotatable bonds is 2. The average Bonchev–Trinajstić information content (AvgIpc) is 3.25. The van der Waals surface area contributed by atoms with Crippen molar-refractivity contribution in [2.75, 3.05) is 24.5 Å². The van der Waals surface area contributed by atoms with Crippen LogP contribution in [0.1, 0.15) is 9.67 Å². The van der Waals surface area contributed by atoms with Crippen molar-refractivity contribution in [1.82, 2.24) is 4.90 Å². The molecule has 4 rings (SSSR count). The highest BCUT2D eigenvalue weighted by Gasteiger charge is 2.47. The van der Waals surface area contributed by atoms with E-state index < -0.39 is 0 Å². The van der Waals surface area contributed by atoms with Gasteiger partial charge in [0.1, 0.15) is 0 Å². The minimum absolute atomic E-state index is 0.0517. The molecule has 2 aromatic rings. The van der Waals surface area contributed by atoms with Crippen LogP contribution in [0, 0.1) is 11.8 Å². The zero-order valence-electron chi connectivity index (χ0n) is 12.0. The number of hydrogen-bond donors (Lipinski definition) is 0. The van der Waals surface area contributed by atoms with Crippen molar-refractivity contribution in [3.05, 3.63) is 52.7 Å². The van der Waals surface area contributed by atoms with E-state index in [-0.39, 0.29) is 23.7 Å². The number of hydrogen-bond acceptors (Lipinski definition) is 3. The Bertz CT molecular complexity index is 699. The molecule has 1 aromatic carbocycles. The van der Waals surface area contributed by atoms with E-state index in [1.807, 2.05) is 57.6 Å². The molecule has 3 heterocycles. The smallest absolute Gasteiger partial charge is 0.263 e. The van der Waals surface area contributed by atoms with E-state index in [0.29, 0.717) is 19.6 Å². The fourth-order valence-electron chi connectivity index (χ4n) is 3.42. The molecule has 0 bridgehead atoms. The Kier molecular flexibility index (Phi) is 3.22. The Labute approximate surface area is 133 Å². The molecule has 0 N–H and O–H groups in total. The van der Waals surface area contributed by atoms with Crippen molar-refractivity contribution in [1.29, 1.82) is 0 Å². The lowest BCUT2D eigenvalue weighted by Crippen LogP contribution is -2.35. The largest absolute Gasteiger partial charge is 0.337 e. The van der Waals surface area contributed by atoms with Crippen molar-refractivity contribution >= 4 is 28.8 Å². The third kappa shape index (κ3) is 2.13. The van der Waals surface area contributed by atoms with E-state index in [1.165, 1.54) is 11.3 Å². The maximum atomic E-state index is 12.6. The second kappa shape index (κ2) is 5.25. The summed E-state index contributed by atoms with van der Waals surface area (Å²) in [4.78, 5) is 29.5. The Morgan fingerprint density at radius 1 is 1.05 bits per heavy atom. The number of carbonyl (C=O) groups excluding carboxylic acids is 2. The number of para-hydroxylation sites is 1. The summed E-state index contributed by atoms with van der Waals surface area (Å²) in [5, 5.41) is 1.91. The predicted molar refractivity (Wildman–Crippen MR) is 86.0 cm³/mol. The van der Waals surface area contributed by atoms with Gasteiger partial charge in [0.15, 0.2) is 0 Å². The monoisotopic (exact) mass is 312 g/mol. The van der Waals surface area contributed by atoms with Crippen LogP contribution in [0.3, 0.4) is 0 Å². The van der Waals surface area contributed by atoms with Crippen LogP contribution in [0.4, 0.5) is 5.69 Å². The maximum Gasteiger partial charge on any atom is 0.263 e. The van der Waals surface area contributed by atoms with Gasteiger partial charge in [-0.3, -0.25) is 9.59 Å². The molecule has 0 radical (unpaired) electrons. The molecule has 2 fully saturated rings. The van der Waals surface area contributed by atoms with Gasteiger partial charge in [0.2, 0.25) is 5.91 Å². The van der Waals surface area contributed by atoms with Crippen LogP contribution in [0.15, 0.2) is 47.8 Å². The Balaban J connectivity index is 1.50. The van der Waals surface area contributed by atoms with E-state index in [0.717, 1.165) is 10.6 Å². The first-order valence-electron chi connectivity index (χ1n) is 7.43. The molecule has 0 spiro atoms. The fraction of sp³-hybridized carbons (Fsp3) is 0.294. The summed E-state index contributed by atoms with van der Waals surface area (Å²) < 4.78 is 0. The van der Waals surface area contributed by atoms with E-state index in [2.05, 4.69) is 0 Å². The summed E-state index contributed by atoms with van der Waals surface area (Å²) in [7, 11) is 0. The summed E-state index contributed by atoms with van der Waals surface area (Å²) in [5.41, 5.74) is 0.957. The molecule has 2 amide bonds. The van der Waals surface area contributed by atoms with Gasteiger partial charge in [-0.1, -0.05) is 24.3 Å². The number of carbonyl (C=O) groups is 2. The number of anilines is 1. The van der Waals surface area contributed by atoms with Gasteiger partial charge < -0.3 is 9.80 Å². The highest BCUT2D eigenvalue weighted by atomic mass is 32.1. The average molecular weight is 312 g/mol. The highest BCUT2D eigenvalue weighted by Crippen LogP contribution is 2.35. The summed E-state index contributed by atoms with van der Waals surface area (Å²) in [5.74, 6) is 0.405.